The van der Waals surface area contributed by atoms with Crippen molar-refractivity contribution in [2.45, 2.75) is 42.5 Å². The Bertz CT molecular complexity index is 753. The number of hydrogen-bond acceptors (Lipinski definition) is 5. The molecule has 1 atom stereocenters. The lowest BCUT2D eigenvalue weighted by atomic mass is 10.1. The Labute approximate surface area is 144 Å². The van der Waals surface area contributed by atoms with E-state index in [1.165, 1.54) is 28.6 Å². The molecule has 1 saturated heterocycles. The standard InChI is InChI=1S/C15H25N3O4S2/c1-3-18(4-2)24(21,22)15-9-5-8-14(11-15)23(19,20)17-13-7-6-10-16-12-13/h5,8-9,11,13,16-17H,3-4,6-7,10,12H2,1-2H3/t13-/m1/s1. The Morgan fingerprint density at radius 2 is 1.83 bits per heavy atom. The third-order valence-corrected chi connectivity index (χ3v) is 7.64. The van der Waals surface area contributed by atoms with Gasteiger partial charge < -0.3 is 5.32 Å². The molecule has 0 unspecified atom stereocenters. The molecule has 1 aromatic carbocycles. The van der Waals surface area contributed by atoms with E-state index in [9.17, 15) is 16.8 Å². The van der Waals surface area contributed by atoms with Gasteiger partial charge in [-0.3, -0.25) is 0 Å². The molecule has 1 aliphatic rings. The molecular weight excluding hydrogens is 350 g/mol. The van der Waals surface area contributed by atoms with E-state index in [0.29, 0.717) is 19.6 Å². The largest absolute Gasteiger partial charge is 0.315 e. The van der Waals surface area contributed by atoms with Crippen molar-refractivity contribution in [3.63, 3.8) is 0 Å². The van der Waals surface area contributed by atoms with Crippen molar-refractivity contribution in [2.24, 2.45) is 0 Å². The first kappa shape index (κ1) is 19.3. The molecule has 0 bridgehead atoms. The molecule has 24 heavy (non-hydrogen) atoms. The van der Waals surface area contributed by atoms with E-state index in [0.717, 1.165) is 19.4 Å². The van der Waals surface area contributed by atoms with E-state index < -0.39 is 20.0 Å². The summed E-state index contributed by atoms with van der Waals surface area (Å²) < 4.78 is 54.2. The zero-order valence-electron chi connectivity index (χ0n) is 14.0. The summed E-state index contributed by atoms with van der Waals surface area (Å²) in [5.41, 5.74) is 0. The van der Waals surface area contributed by atoms with Crippen LogP contribution in [0.4, 0.5) is 0 Å². The number of nitrogens with zero attached hydrogens (tertiary/aromatic N) is 1. The van der Waals surface area contributed by atoms with E-state index in [2.05, 4.69) is 10.0 Å². The van der Waals surface area contributed by atoms with E-state index >= 15 is 0 Å². The predicted molar refractivity (Wildman–Crippen MR) is 92.8 cm³/mol. The molecule has 0 amide bonds. The van der Waals surface area contributed by atoms with Gasteiger partial charge in [0.2, 0.25) is 20.0 Å². The lowest BCUT2D eigenvalue weighted by Crippen LogP contribution is -2.45. The number of benzene rings is 1. The van der Waals surface area contributed by atoms with Crippen LogP contribution in [0.5, 0.6) is 0 Å². The lowest BCUT2D eigenvalue weighted by molar-refractivity contribution is 0.428. The van der Waals surface area contributed by atoms with Gasteiger partial charge in [0.05, 0.1) is 9.79 Å². The molecule has 0 aliphatic carbocycles. The van der Waals surface area contributed by atoms with Crippen LogP contribution >= 0.6 is 0 Å². The first-order valence-electron chi connectivity index (χ1n) is 8.14. The van der Waals surface area contributed by atoms with Gasteiger partial charge in [-0.15, -0.1) is 0 Å². The van der Waals surface area contributed by atoms with Crippen molar-refractivity contribution in [1.29, 1.82) is 0 Å². The summed E-state index contributed by atoms with van der Waals surface area (Å²) in [5, 5.41) is 3.15. The molecule has 1 aliphatic heterocycles. The summed E-state index contributed by atoms with van der Waals surface area (Å²) in [5.74, 6) is 0. The van der Waals surface area contributed by atoms with Gasteiger partial charge in [-0.1, -0.05) is 19.9 Å². The van der Waals surface area contributed by atoms with Gasteiger partial charge in [-0.05, 0) is 37.6 Å². The van der Waals surface area contributed by atoms with Crippen LogP contribution in [0, 0.1) is 0 Å². The molecule has 2 rings (SSSR count). The fraction of sp³-hybridized carbons (Fsp3) is 0.600. The molecule has 1 aromatic rings. The minimum Gasteiger partial charge on any atom is -0.315 e. The van der Waals surface area contributed by atoms with Crippen LogP contribution in [0.15, 0.2) is 34.1 Å². The first-order chi connectivity index (χ1) is 11.3. The quantitative estimate of drug-likeness (QED) is 0.733. The lowest BCUT2D eigenvalue weighted by Gasteiger charge is -2.24. The molecule has 9 heteroatoms. The second-order valence-electron chi connectivity index (χ2n) is 5.73. The summed E-state index contributed by atoms with van der Waals surface area (Å²) >= 11 is 0. The third kappa shape index (κ3) is 4.34. The number of nitrogens with one attached hydrogen (secondary N) is 2. The predicted octanol–water partition coefficient (Wildman–Crippen LogP) is 0.747. The molecular formula is C15H25N3O4S2. The topological polar surface area (TPSA) is 95.6 Å². The van der Waals surface area contributed by atoms with Crippen LogP contribution in [0.1, 0.15) is 26.7 Å². The Morgan fingerprint density at radius 3 is 2.42 bits per heavy atom. The zero-order valence-corrected chi connectivity index (χ0v) is 15.7. The maximum absolute atomic E-state index is 12.6. The molecule has 0 radical (unpaired) electrons. The minimum absolute atomic E-state index is 0.00385. The highest BCUT2D eigenvalue weighted by molar-refractivity contribution is 7.90. The zero-order chi connectivity index (χ0) is 17.8. The monoisotopic (exact) mass is 375 g/mol. The van der Waals surface area contributed by atoms with Crippen LogP contribution in [-0.4, -0.2) is 53.4 Å². The van der Waals surface area contributed by atoms with Gasteiger partial charge >= 0.3 is 0 Å². The Morgan fingerprint density at radius 1 is 1.17 bits per heavy atom. The number of rotatable bonds is 7. The maximum Gasteiger partial charge on any atom is 0.243 e. The molecule has 0 saturated carbocycles. The third-order valence-electron chi connectivity index (χ3n) is 4.08. The van der Waals surface area contributed by atoms with Crippen LogP contribution in [0.2, 0.25) is 0 Å². The summed E-state index contributed by atoms with van der Waals surface area (Å²) in [6.07, 6.45) is 1.67. The fourth-order valence-corrected chi connectivity index (χ4v) is 5.65. The SMILES string of the molecule is CCN(CC)S(=O)(=O)c1cccc(S(=O)(=O)N[C@@H]2CCCNC2)c1. The summed E-state index contributed by atoms with van der Waals surface area (Å²) in [6, 6.07) is 5.36. The fourth-order valence-electron chi connectivity index (χ4n) is 2.75. The average molecular weight is 376 g/mol. The van der Waals surface area contributed by atoms with E-state index in [1.54, 1.807) is 13.8 Å². The summed E-state index contributed by atoms with van der Waals surface area (Å²) in [7, 11) is -7.44. The Hall–Kier alpha value is -1.00. The highest BCUT2D eigenvalue weighted by Gasteiger charge is 2.26. The highest BCUT2D eigenvalue weighted by atomic mass is 32.2. The van der Waals surface area contributed by atoms with Crippen molar-refractivity contribution >= 4 is 20.0 Å². The number of piperidine rings is 1. The number of hydrogen-bond donors (Lipinski definition) is 2. The van der Waals surface area contributed by atoms with Gasteiger partial charge in [-0.25, -0.2) is 21.6 Å². The normalized spacial score (nSPS) is 19.5. The summed E-state index contributed by atoms with van der Waals surface area (Å²) in [6.45, 7) is 5.63. The van der Waals surface area contributed by atoms with Crippen LogP contribution in [0.3, 0.4) is 0 Å². The molecule has 7 nitrogen and oxygen atoms in total. The van der Waals surface area contributed by atoms with Gasteiger partial charge in [0.1, 0.15) is 0 Å². The Balaban J connectivity index is 2.29. The molecule has 2 N–H and O–H groups in total. The van der Waals surface area contributed by atoms with Crippen molar-refractivity contribution in [3.8, 4) is 0 Å². The number of sulfonamides is 2. The van der Waals surface area contributed by atoms with E-state index in [-0.39, 0.29) is 15.8 Å². The molecule has 1 heterocycles. The molecule has 0 aromatic heterocycles. The molecule has 1 fully saturated rings. The molecule has 0 spiro atoms. The van der Waals surface area contributed by atoms with Crippen LogP contribution < -0.4 is 10.0 Å². The van der Waals surface area contributed by atoms with Crippen molar-refractivity contribution in [1.82, 2.24) is 14.3 Å². The highest BCUT2D eigenvalue weighted by Crippen LogP contribution is 2.20. The summed E-state index contributed by atoms with van der Waals surface area (Å²) in [4.78, 5) is -0.0304. The van der Waals surface area contributed by atoms with Crippen molar-refractivity contribution < 1.29 is 16.8 Å². The second kappa shape index (κ2) is 7.92. The van der Waals surface area contributed by atoms with Crippen LogP contribution in [-0.2, 0) is 20.0 Å². The first-order valence-corrected chi connectivity index (χ1v) is 11.1. The van der Waals surface area contributed by atoms with Crippen molar-refractivity contribution in [2.75, 3.05) is 26.2 Å². The van der Waals surface area contributed by atoms with Crippen LogP contribution in [0.25, 0.3) is 0 Å². The average Bonchev–Trinajstić information content (AvgIpc) is 2.56. The maximum atomic E-state index is 12.6. The van der Waals surface area contributed by atoms with Gasteiger partial charge in [0.25, 0.3) is 0 Å². The smallest absolute Gasteiger partial charge is 0.243 e. The Kier molecular flexibility index (Phi) is 6.38. The van der Waals surface area contributed by atoms with Crippen molar-refractivity contribution in [3.05, 3.63) is 24.3 Å². The molecule has 136 valence electrons. The second-order valence-corrected chi connectivity index (χ2v) is 9.38. The van der Waals surface area contributed by atoms with Gasteiger partial charge in [-0.2, -0.15) is 4.31 Å². The minimum atomic E-state index is -3.75. The van der Waals surface area contributed by atoms with E-state index in [1.807, 2.05) is 0 Å². The van der Waals surface area contributed by atoms with Gasteiger partial charge in [0, 0.05) is 25.7 Å². The van der Waals surface area contributed by atoms with E-state index in [4.69, 9.17) is 0 Å². The van der Waals surface area contributed by atoms with Gasteiger partial charge in [0.15, 0.2) is 0 Å².